The van der Waals surface area contributed by atoms with Gasteiger partial charge in [-0.15, -0.1) is 10.2 Å². The molecular formula is C15H27N5. The van der Waals surface area contributed by atoms with E-state index in [0.717, 1.165) is 32.0 Å². The van der Waals surface area contributed by atoms with Gasteiger partial charge in [-0.3, -0.25) is 4.90 Å². The van der Waals surface area contributed by atoms with Crippen LogP contribution >= 0.6 is 0 Å². The van der Waals surface area contributed by atoms with Crippen molar-refractivity contribution >= 4 is 0 Å². The van der Waals surface area contributed by atoms with Gasteiger partial charge in [-0.2, -0.15) is 0 Å². The molecule has 3 rings (SSSR count). The highest BCUT2D eigenvalue weighted by Crippen LogP contribution is 2.41. The summed E-state index contributed by atoms with van der Waals surface area (Å²) in [6.07, 6.45) is 8.16. The zero-order valence-corrected chi connectivity index (χ0v) is 12.8. The molecule has 1 aromatic heterocycles. The Morgan fingerprint density at radius 3 is 2.85 bits per heavy atom. The van der Waals surface area contributed by atoms with E-state index >= 15 is 0 Å². The van der Waals surface area contributed by atoms with Crippen molar-refractivity contribution in [1.82, 2.24) is 19.7 Å². The fourth-order valence-electron chi connectivity index (χ4n) is 3.84. The summed E-state index contributed by atoms with van der Waals surface area (Å²) in [7, 11) is 0. The SMILES string of the molecule is CC1(C)CCCC(CN)(N2CCn3cnnc3C2)CC1. The van der Waals surface area contributed by atoms with Crippen LogP contribution in [0.2, 0.25) is 0 Å². The summed E-state index contributed by atoms with van der Waals surface area (Å²) in [5.74, 6) is 1.09. The first-order chi connectivity index (χ1) is 9.55. The van der Waals surface area contributed by atoms with E-state index in [0.29, 0.717) is 5.41 Å². The first-order valence-corrected chi connectivity index (χ1v) is 7.87. The van der Waals surface area contributed by atoms with Crippen molar-refractivity contribution in [2.75, 3.05) is 13.1 Å². The molecule has 0 amide bonds. The van der Waals surface area contributed by atoms with E-state index in [9.17, 15) is 0 Å². The lowest BCUT2D eigenvalue weighted by Crippen LogP contribution is -2.55. The molecule has 2 heterocycles. The summed E-state index contributed by atoms with van der Waals surface area (Å²) in [6, 6.07) is 0. The van der Waals surface area contributed by atoms with Gasteiger partial charge in [0.15, 0.2) is 0 Å². The summed E-state index contributed by atoms with van der Waals surface area (Å²) in [5, 5.41) is 8.28. The van der Waals surface area contributed by atoms with Crippen molar-refractivity contribution in [3.05, 3.63) is 12.2 Å². The van der Waals surface area contributed by atoms with Gasteiger partial charge in [0.25, 0.3) is 0 Å². The van der Waals surface area contributed by atoms with Crippen LogP contribution in [0.1, 0.15) is 51.8 Å². The maximum absolute atomic E-state index is 6.24. The summed E-state index contributed by atoms with van der Waals surface area (Å²) < 4.78 is 2.17. The van der Waals surface area contributed by atoms with Crippen LogP contribution in [-0.2, 0) is 13.1 Å². The number of nitrogens with two attached hydrogens (primary N) is 1. The molecule has 2 aliphatic rings. The Morgan fingerprint density at radius 1 is 1.20 bits per heavy atom. The van der Waals surface area contributed by atoms with Gasteiger partial charge in [0, 0.05) is 25.2 Å². The third-order valence-electron chi connectivity index (χ3n) is 5.45. The predicted molar refractivity (Wildman–Crippen MR) is 79.1 cm³/mol. The summed E-state index contributed by atoms with van der Waals surface area (Å²) >= 11 is 0. The standard InChI is InChI=1S/C15H27N5/c1-14(2)4-3-5-15(11-16,7-6-14)20-9-8-19-12-17-18-13(19)10-20/h12H,3-11,16H2,1-2H3. The number of hydrogen-bond acceptors (Lipinski definition) is 4. The van der Waals surface area contributed by atoms with E-state index in [1.54, 1.807) is 0 Å². The molecule has 1 saturated carbocycles. The van der Waals surface area contributed by atoms with Crippen LogP contribution in [0.5, 0.6) is 0 Å². The van der Waals surface area contributed by atoms with Crippen molar-refractivity contribution in [2.24, 2.45) is 11.1 Å². The second kappa shape index (κ2) is 5.11. The van der Waals surface area contributed by atoms with Crippen molar-refractivity contribution < 1.29 is 0 Å². The second-order valence-electron chi connectivity index (χ2n) is 7.31. The monoisotopic (exact) mass is 277 g/mol. The predicted octanol–water partition coefficient (Wildman–Crippen LogP) is 1.78. The lowest BCUT2D eigenvalue weighted by molar-refractivity contribution is 0.0474. The van der Waals surface area contributed by atoms with Crippen LogP contribution in [-0.4, -0.2) is 38.3 Å². The van der Waals surface area contributed by atoms with Crippen LogP contribution in [0.15, 0.2) is 6.33 Å². The Balaban J connectivity index is 1.79. The van der Waals surface area contributed by atoms with E-state index in [1.807, 2.05) is 6.33 Å². The summed E-state index contributed by atoms with van der Waals surface area (Å²) in [6.45, 7) is 8.52. The molecule has 0 saturated heterocycles. The fraction of sp³-hybridized carbons (Fsp3) is 0.867. The topological polar surface area (TPSA) is 60.0 Å². The van der Waals surface area contributed by atoms with E-state index < -0.39 is 0 Å². The second-order valence-corrected chi connectivity index (χ2v) is 7.31. The van der Waals surface area contributed by atoms with Gasteiger partial charge in [-0.1, -0.05) is 20.3 Å². The zero-order chi connectivity index (χ0) is 14.2. The van der Waals surface area contributed by atoms with Gasteiger partial charge >= 0.3 is 0 Å². The molecule has 0 aromatic carbocycles. The molecule has 1 fully saturated rings. The van der Waals surface area contributed by atoms with Crippen molar-refractivity contribution in [3.8, 4) is 0 Å². The molecule has 112 valence electrons. The molecular weight excluding hydrogens is 250 g/mol. The largest absolute Gasteiger partial charge is 0.329 e. The molecule has 1 atom stereocenters. The smallest absolute Gasteiger partial charge is 0.147 e. The Kier molecular flexibility index (Phi) is 3.58. The minimum absolute atomic E-state index is 0.172. The number of hydrogen-bond donors (Lipinski definition) is 1. The third kappa shape index (κ3) is 2.49. The molecule has 2 N–H and O–H groups in total. The number of nitrogens with zero attached hydrogens (tertiary/aromatic N) is 4. The van der Waals surface area contributed by atoms with E-state index in [-0.39, 0.29) is 5.54 Å². The normalized spacial score (nSPS) is 30.8. The summed E-state index contributed by atoms with van der Waals surface area (Å²) in [5.41, 5.74) is 6.87. The molecule has 5 heteroatoms. The molecule has 0 spiro atoms. The molecule has 5 nitrogen and oxygen atoms in total. The highest BCUT2D eigenvalue weighted by molar-refractivity contribution is 5.00. The molecule has 20 heavy (non-hydrogen) atoms. The van der Waals surface area contributed by atoms with E-state index in [1.165, 1.54) is 32.1 Å². The van der Waals surface area contributed by atoms with Gasteiger partial charge < -0.3 is 10.3 Å². The highest BCUT2D eigenvalue weighted by atomic mass is 15.3. The van der Waals surface area contributed by atoms with Gasteiger partial charge in [-0.25, -0.2) is 0 Å². The Morgan fingerprint density at radius 2 is 2.05 bits per heavy atom. The number of aromatic nitrogens is 3. The maximum Gasteiger partial charge on any atom is 0.147 e. The van der Waals surface area contributed by atoms with Gasteiger partial charge in [0.05, 0.1) is 6.54 Å². The van der Waals surface area contributed by atoms with Crippen LogP contribution in [0.4, 0.5) is 0 Å². The minimum atomic E-state index is 0.172. The van der Waals surface area contributed by atoms with Gasteiger partial charge in [0.1, 0.15) is 12.2 Å². The minimum Gasteiger partial charge on any atom is -0.329 e. The molecule has 0 radical (unpaired) electrons. The van der Waals surface area contributed by atoms with Crippen LogP contribution < -0.4 is 5.73 Å². The Labute approximate surface area is 121 Å². The first kappa shape index (κ1) is 14.0. The molecule has 1 aliphatic carbocycles. The quantitative estimate of drug-likeness (QED) is 0.837. The van der Waals surface area contributed by atoms with Crippen LogP contribution in [0.3, 0.4) is 0 Å². The molecule has 1 unspecified atom stereocenters. The molecule has 1 aliphatic heterocycles. The Bertz CT molecular complexity index is 467. The van der Waals surface area contributed by atoms with Gasteiger partial charge in [0.2, 0.25) is 0 Å². The Hall–Kier alpha value is -0.940. The van der Waals surface area contributed by atoms with Crippen LogP contribution in [0, 0.1) is 5.41 Å². The van der Waals surface area contributed by atoms with E-state index in [4.69, 9.17) is 5.73 Å². The zero-order valence-electron chi connectivity index (χ0n) is 12.8. The molecule has 0 bridgehead atoms. The summed E-state index contributed by atoms with van der Waals surface area (Å²) in [4.78, 5) is 2.58. The lowest BCUT2D eigenvalue weighted by Gasteiger charge is -2.45. The number of rotatable bonds is 2. The van der Waals surface area contributed by atoms with Crippen LogP contribution in [0.25, 0.3) is 0 Å². The van der Waals surface area contributed by atoms with Crippen molar-refractivity contribution in [2.45, 2.75) is 64.6 Å². The first-order valence-electron chi connectivity index (χ1n) is 7.87. The van der Waals surface area contributed by atoms with Gasteiger partial charge in [-0.05, 0) is 31.1 Å². The van der Waals surface area contributed by atoms with Crippen molar-refractivity contribution in [3.63, 3.8) is 0 Å². The lowest BCUT2D eigenvalue weighted by atomic mass is 9.82. The third-order valence-corrected chi connectivity index (χ3v) is 5.45. The average Bonchev–Trinajstić information content (AvgIpc) is 2.83. The molecule has 1 aromatic rings. The average molecular weight is 277 g/mol. The van der Waals surface area contributed by atoms with E-state index in [2.05, 4.69) is 33.5 Å². The maximum atomic E-state index is 6.24. The number of fused-ring (bicyclic) bond motifs is 1. The highest BCUT2D eigenvalue weighted by Gasteiger charge is 2.40. The van der Waals surface area contributed by atoms with Crippen molar-refractivity contribution in [1.29, 1.82) is 0 Å². The fourth-order valence-corrected chi connectivity index (χ4v) is 3.84.